The van der Waals surface area contributed by atoms with Gasteiger partial charge in [0.15, 0.2) is 0 Å². The maximum atomic E-state index is 12.1. The van der Waals surface area contributed by atoms with Crippen LogP contribution in [0.25, 0.3) is 17.0 Å². The summed E-state index contributed by atoms with van der Waals surface area (Å²) in [5.41, 5.74) is 3.11. The van der Waals surface area contributed by atoms with Gasteiger partial charge >= 0.3 is 0 Å². The van der Waals surface area contributed by atoms with Crippen LogP contribution in [0.4, 0.5) is 0 Å². The summed E-state index contributed by atoms with van der Waals surface area (Å²) in [6.07, 6.45) is 5.83. The summed E-state index contributed by atoms with van der Waals surface area (Å²) in [6, 6.07) is 20.0. The number of nitriles is 1. The maximum Gasteiger partial charge on any atom is 0.244 e. The zero-order valence-corrected chi connectivity index (χ0v) is 13.9. The van der Waals surface area contributed by atoms with Gasteiger partial charge in [0.05, 0.1) is 12.5 Å². The summed E-state index contributed by atoms with van der Waals surface area (Å²) in [7, 11) is 0. The highest BCUT2D eigenvalue weighted by molar-refractivity contribution is 5.96. The van der Waals surface area contributed by atoms with Gasteiger partial charge in [0, 0.05) is 41.8 Å². The molecule has 0 spiro atoms. The van der Waals surface area contributed by atoms with E-state index in [0.29, 0.717) is 19.5 Å². The molecule has 0 atom stereocenters. The summed E-state index contributed by atoms with van der Waals surface area (Å²) >= 11 is 0. The molecule has 124 valence electrons. The lowest BCUT2D eigenvalue weighted by molar-refractivity contribution is -0.116. The van der Waals surface area contributed by atoms with Crippen molar-refractivity contribution in [3.63, 3.8) is 0 Å². The molecule has 0 aliphatic heterocycles. The van der Waals surface area contributed by atoms with E-state index in [4.69, 9.17) is 5.26 Å². The first kappa shape index (κ1) is 16.5. The van der Waals surface area contributed by atoms with Gasteiger partial charge in [-0.1, -0.05) is 48.5 Å². The molecule has 0 bridgehead atoms. The third-order valence-electron chi connectivity index (χ3n) is 4.01. The molecule has 0 saturated heterocycles. The predicted octanol–water partition coefficient (Wildman–Crippen LogP) is 3.88. The van der Waals surface area contributed by atoms with Crippen molar-refractivity contribution in [2.75, 3.05) is 0 Å². The minimum atomic E-state index is -0.127. The molecule has 1 aromatic heterocycles. The molecule has 1 amide bonds. The number of amides is 1. The molecular weight excluding hydrogens is 310 g/mol. The van der Waals surface area contributed by atoms with Gasteiger partial charge in [0.25, 0.3) is 0 Å². The number of carbonyl (C=O) groups is 1. The van der Waals surface area contributed by atoms with Crippen molar-refractivity contribution in [3.05, 3.63) is 78.0 Å². The molecule has 1 N–H and O–H groups in total. The van der Waals surface area contributed by atoms with Crippen molar-refractivity contribution in [2.24, 2.45) is 0 Å². The Balaban J connectivity index is 1.72. The number of benzene rings is 2. The van der Waals surface area contributed by atoms with Crippen LogP contribution in [-0.4, -0.2) is 10.5 Å². The van der Waals surface area contributed by atoms with E-state index >= 15 is 0 Å². The number of fused-ring (bicyclic) bond motifs is 1. The minimum Gasteiger partial charge on any atom is -0.348 e. The Labute approximate surface area is 147 Å². The summed E-state index contributed by atoms with van der Waals surface area (Å²) in [6.45, 7) is 1.15. The maximum absolute atomic E-state index is 12.1. The Morgan fingerprint density at radius 2 is 1.88 bits per heavy atom. The molecule has 0 unspecified atom stereocenters. The molecule has 4 heteroatoms. The number of rotatable bonds is 6. The molecule has 1 heterocycles. The topological polar surface area (TPSA) is 57.8 Å². The van der Waals surface area contributed by atoms with Crippen LogP contribution in [0.2, 0.25) is 0 Å². The van der Waals surface area contributed by atoms with Crippen LogP contribution in [0.15, 0.2) is 66.9 Å². The fraction of sp³-hybridized carbons (Fsp3) is 0.143. The van der Waals surface area contributed by atoms with Crippen LogP contribution in [0.3, 0.4) is 0 Å². The fourth-order valence-electron chi connectivity index (χ4n) is 2.77. The highest BCUT2D eigenvalue weighted by Crippen LogP contribution is 2.22. The van der Waals surface area contributed by atoms with Crippen molar-refractivity contribution in [1.82, 2.24) is 9.88 Å². The Kier molecular flexibility index (Phi) is 5.28. The second-order valence-corrected chi connectivity index (χ2v) is 5.74. The average molecular weight is 329 g/mol. The summed E-state index contributed by atoms with van der Waals surface area (Å²) in [4.78, 5) is 12.1. The lowest BCUT2D eigenvalue weighted by Crippen LogP contribution is -2.20. The van der Waals surface area contributed by atoms with E-state index < -0.39 is 0 Å². The van der Waals surface area contributed by atoms with E-state index in [1.54, 1.807) is 6.08 Å². The van der Waals surface area contributed by atoms with Crippen LogP contribution in [0, 0.1) is 11.3 Å². The first-order chi connectivity index (χ1) is 12.3. The first-order valence-electron chi connectivity index (χ1n) is 8.22. The van der Waals surface area contributed by atoms with Crippen molar-refractivity contribution in [1.29, 1.82) is 5.26 Å². The van der Waals surface area contributed by atoms with E-state index in [1.807, 2.05) is 66.9 Å². The van der Waals surface area contributed by atoms with Crippen molar-refractivity contribution < 1.29 is 4.79 Å². The quantitative estimate of drug-likeness (QED) is 0.698. The molecule has 0 aliphatic rings. The number of para-hydroxylation sites is 1. The van der Waals surface area contributed by atoms with Gasteiger partial charge in [-0.15, -0.1) is 0 Å². The van der Waals surface area contributed by atoms with Gasteiger partial charge in [0.1, 0.15) is 0 Å². The van der Waals surface area contributed by atoms with Crippen LogP contribution >= 0.6 is 0 Å². The molecule has 0 saturated carbocycles. The molecule has 4 nitrogen and oxygen atoms in total. The van der Waals surface area contributed by atoms with E-state index in [-0.39, 0.29) is 5.91 Å². The summed E-state index contributed by atoms with van der Waals surface area (Å²) < 4.78 is 2.06. The lowest BCUT2D eigenvalue weighted by atomic mass is 10.1. The van der Waals surface area contributed by atoms with Crippen LogP contribution in [0.1, 0.15) is 17.5 Å². The molecule has 2 aromatic carbocycles. The number of hydrogen-bond acceptors (Lipinski definition) is 2. The van der Waals surface area contributed by atoms with Gasteiger partial charge in [-0.25, -0.2) is 0 Å². The number of aromatic nitrogens is 1. The third kappa shape index (κ3) is 4.15. The Bertz CT molecular complexity index is 933. The second kappa shape index (κ2) is 7.98. The number of nitrogens with one attached hydrogen (secondary N) is 1. The molecular formula is C21H19N3O. The van der Waals surface area contributed by atoms with E-state index in [2.05, 4.69) is 16.0 Å². The van der Waals surface area contributed by atoms with Crippen LogP contribution in [-0.2, 0) is 17.9 Å². The van der Waals surface area contributed by atoms with Gasteiger partial charge in [-0.3, -0.25) is 4.79 Å². The molecule has 0 aliphatic carbocycles. The van der Waals surface area contributed by atoms with Crippen LogP contribution in [0.5, 0.6) is 0 Å². The monoisotopic (exact) mass is 329 g/mol. The molecule has 3 rings (SSSR count). The second-order valence-electron chi connectivity index (χ2n) is 5.74. The lowest BCUT2D eigenvalue weighted by Gasteiger charge is -2.01. The number of nitrogens with zero attached hydrogens (tertiary/aromatic N) is 2. The summed E-state index contributed by atoms with van der Waals surface area (Å²) in [5.74, 6) is -0.127. The highest BCUT2D eigenvalue weighted by atomic mass is 16.1. The summed E-state index contributed by atoms with van der Waals surface area (Å²) in [5, 5.41) is 12.8. The van der Waals surface area contributed by atoms with Gasteiger partial charge in [-0.2, -0.15) is 5.26 Å². The largest absolute Gasteiger partial charge is 0.348 e. The molecule has 25 heavy (non-hydrogen) atoms. The minimum absolute atomic E-state index is 0.127. The van der Waals surface area contributed by atoms with Crippen molar-refractivity contribution in [2.45, 2.75) is 19.5 Å². The molecule has 3 aromatic rings. The predicted molar refractivity (Wildman–Crippen MR) is 99.5 cm³/mol. The number of aryl methyl sites for hydroxylation is 1. The van der Waals surface area contributed by atoms with E-state index in [0.717, 1.165) is 22.0 Å². The van der Waals surface area contributed by atoms with Crippen molar-refractivity contribution >= 4 is 22.9 Å². The highest BCUT2D eigenvalue weighted by Gasteiger charge is 2.06. The smallest absolute Gasteiger partial charge is 0.244 e. The van der Waals surface area contributed by atoms with Crippen molar-refractivity contribution in [3.8, 4) is 6.07 Å². The van der Waals surface area contributed by atoms with Gasteiger partial charge < -0.3 is 9.88 Å². The van der Waals surface area contributed by atoms with Crippen LogP contribution < -0.4 is 5.32 Å². The standard InChI is InChI=1S/C21H19N3O/c22-13-6-14-24-16-18(19-9-4-5-10-20(19)24)11-12-21(25)23-15-17-7-2-1-3-8-17/h1-5,7-12,16H,6,14-15H2,(H,23,25)/b12-11+. The average Bonchev–Trinajstić information content (AvgIpc) is 3.02. The van der Waals surface area contributed by atoms with Gasteiger partial charge in [-0.05, 0) is 17.7 Å². The SMILES string of the molecule is N#CCCn1cc(/C=C/C(=O)NCc2ccccc2)c2ccccc21. The fourth-order valence-corrected chi connectivity index (χ4v) is 2.77. The molecule has 0 fully saturated rings. The Morgan fingerprint density at radius 3 is 2.68 bits per heavy atom. The molecule has 0 radical (unpaired) electrons. The third-order valence-corrected chi connectivity index (χ3v) is 4.01. The first-order valence-corrected chi connectivity index (χ1v) is 8.22. The van der Waals surface area contributed by atoms with Gasteiger partial charge in [0.2, 0.25) is 5.91 Å². The normalized spacial score (nSPS) is 10.8. The number of hydrogen-bond donors (Lipinski definition) is 1. The zero-order valence-electron chi connectivity index (χ0n) is 13.9. The number of carbonyl (C=O) groups excluding carboxylic acids is 1. The zero-order chi connectivity index (χ0) is 17.5. The van der Waals surface area contributed by atoms with E-state index in [9.17, 15) is 4.79 Å². The Hall–Kier alpha value is -3.32. The van der Waals surface area contributed by atoms with E-state index in [1.165, 1.54) is 0 Å². The Morgan fingerprint density at radius 1 is 1.12 bits per heavy atom.